The fourth-order valence-electron chi connectivity index (χ4n) is 2.22. The molecule has 0 heterocycles. The molecule has 0 radical (unpaired) electrons. The number of allylic oxidation sites excluding steroid dienone is 1. The molecule has 1 nitrogen and oxygen atoms in total. The van der Waals surface area contributed by atoms with Crippen LogP contribution in [-0.4, -0.2) is 0 Å². The molecule has 0 aliphatic heterocycles. The Morgan fingerprint density at radius 3 is 2.41 bits per heavy atom. The number of nitriles is 1. The molecule has 80 valence electrons. The Balaban J connectivity index is 1.96. The second kappa shape index (κ2) is 3.92. The highest BCUT2D eigenvalue weighted by atomic mass is 14.2. The summed E-state index contributed by atoms with van der Waals surface area (Å²) < 4.78 is 0. The molecule has 0 unspecified atom stereocenters. The van der Waals surface area contributed by atoms with Crippen LogP contribution >= 0.6 is 0 Å². The van der Waals surface area contributed by atoms with E-state index in [-0.39, 0.29) is 0 Å². The normalized spacial score (nSPS) is 12.8. The molecule has 3 rings (SSSR count). The monoisotopic (exact) mass is 217 g/mol. The Labute approximate surface area is 101 Å². The highest BCUT2D eigenvalue weighted by Crippen LogP contribution is 2.31. The van der Waals surface area contributed by atoms with E-state index in [1.807, 2.05) is 24.3 Å². The largest absolute Gasteiger partial charge is 0.192 e. The summed E-state index contributed by atoms with van der Waals surface area (Å²) >= 11 is 0. The first kappa shape index (κ1) is 9.86. The first-order chi connectivity index (χ1) is 8.36. The van der Waals surface area contributed by atoms with Crippen molar-refractivity contribution < 1.29 is 0 Å². The minimum absolute atomic E-state index is 0.713. The third-order valence-corrected chi connectivity index (χ3v) is 3.15. The van der Waals surface area contributed by atoms with Crippen LogP contribution in [0.25, 0.3) is 11.6 Å². The summed E-state index contributed by atoms with van der Waals surface area (Å²) in [5.41, 5.74) is 5.94. The summed E-state index contributed by atoms with van der Waals surface area (Å²) in [6.45, 7) is 0. The second-order valence-corrected chi connectivity index (χ2v) is 4.23. The van der Waals surface area contributed by atoms with Crippen molar-refractivity contribution in [3.8, 4) is 6.07 Å². The molecule has 1 heteroatoms. The quantitative estimate of drug-likeness (QED) is 0.715. The Hall–Kier alpha value is -2.33. The van der Waals surface area contributed by atoms with Gasteiger partial charge < -0.3 is 0 Å². The van der Waals surface area contributed by atoms with Gasteiger partial charge in [-0.15, -0.1) is 0 Å². The number of rotatable bonds is 1. The van der Waals surface area contributed by atoms with Gasteiger partial charge in [-0.2, -0.15) is 5.26 Å². The minimum atomic E-state index is 0.713. The topological polar surface area (TPSA) is 23.8 Å². The van der Waals surface area contributed by atoms with Crippen molar-refractivity contribution in [1.82, 2.24) is 0 Å². The maximum atomic E-state index is 8.77. The molecule has 0 fully saturated rings. The van der Waals surface area contributed by atoms with Gasteiger partial charge in [-0.25, -0.2) is 0 Å². The zero-order chi connectivity index (χ0) is 11.7. The van der Waals surface area contributed by atoms with Crippen molar-refractivity contribution in [2.24, 2.45) is 0 Å². The predicted octanol–water partition coefficient (Wildman–Crippen LogP) is 3.65. The van der Waals surface area contributed by atoms with Gasteiger partial charge in [-0.05, 0) is 40.8 Å². The predicted molar refractivity (Wildman–Crippen MR) is 69.2 cm³/mol. The Bertz CT molecular complexity index is 627. The second-order valence-electron chi connectivity index (χ2n) is 4.23. The van der Waals surface area contributed by atoms with Gasteiger partial charge in [0, 0.05) is 0 Å². The Morgan fingerprint density at radius 1 is 0.941 bits per heavy atom. The highest BCUT2D eigenvalue weighted by molar-refractivity contribution is 5.88. The lowest BCUT2D eigenvalue weighted by Gasteiger charge is -2.01. The molecule has 0 N–H and O–H groups in total. The van der Waals surface area contributed by atoms with E-state index in [9.17, 15) is 0 Å². The van der Waals surface area contributed by atoms with Crippen LogP contribution in [0.5, 0.6) is 0 Å². The van der Waals surface area contributed by atoms with E-state index in [0.717, 1.165) is 6.42 Å². The van der Waals surface area contributed by atoms with Gasteiger partial charge >= 0.3 is 0 Å². The standard InChI is InChI=1S/C16H11N/c17-11-12-5-7-13(8-6-12)16-9-14-3-1-2-4-15(14)10-16/h1-9H,10H2. The lowest BCUT2D eigenvalue weighted by molar-refractivity contribution is 1.31. The summed E-state index contributed by atoms with van der Waals surface area (Å²) in [7, 11) is 0. The fourth-order valence-corrected chi connectivity index (χ4v) is 2.22. The van der Waals surface area contributed by atoms with E-state index in [1.165, 1.54) is 22.3 Å². The van der Waals surface area contributed by atoms with Crippen LogP contribution in [0.15, 0.2) is 48.5 Å². The average Bonchev–Trinajstić information content (AvgIpc) is 2.82. The van der Waals surface area contributed by atoms with E-state index in [1.54, 1.807) is 0 Å². The smallest absolute Gasteiger partial charge is 0.0991 e. The number of fused-ring (bicyclic) bond motifs is 1. The Kier molecular flexibility index (Phi) is 2.27. The molecule has 0 saturated heterocycles. The van der Waals surface area contributed by atoms with Crippen molar-refractivity contribution in [2.45, 2.75) is 6.42 Å². The van der Waals surface area contributed by atoms with Crippen molar-refractivity contribution >= 4 is 11.6 Å². The summed E-state index contributed by atoms with van der Waals surface area (Å²) in [4.78, 5) is 0. The number of hydrogen-bond donors (Lipinski definition) is 0. The SMILES string of the molecule is N#Cc1ccc(C2=Cc3ccccc3C2)cc1. The van der Waals surface area contributed by atoms with Gasteiger partial charge in [0.25, 0.3) is 0 Å². The molecule has 2 aromatic carbocycles. The maximum absolute atomic E-state index is 8.77. The fraction of sp³-hybridized carbons (Fsp3) is 0.0625. The van der Waals surface area contributed by atoms with Gasteiger partial charge in [-0.3, -0.25) is 0 Å². The lowest BCUT2D eigenvalue weighted by atomic mass is 10.0. The van der Waals surface area contributed by atoms with Crippen molar-refractivity contribution in [1.29, 1.82) is 5.26 Å². The zero-order valence-corrected chi connectivity index (χ0v) is 9.35. The van der Waals surface area contributed by atoms with Gasteiger partial charge in [-0.1, -0.05) is 42.5 Å². The highest BCUT2D eigenvalue weighted by Gasteiger charge is 2.12. The van der Waals surface area contributed by atoms with Crippen LogP contribution in [0.4, 0.5) is 0 Å². The van der Waals surface area contributed by atoms with Crippen LogP contribution in [0.3, 0.4) is 0 Å². The van der Waals surface area contributed by atoms with Crippen molar-refractivity contribution in [3.63, 3.8) is 0 Å². The summed E-state index contributed by atoms with van der Waals surface area (Å²) in [6, 6.07) is 18.4. The molecule has 0 spiro atoms. The molecular formula is C16H11N. The first-order valence-corrected chi connectivity index (χ1v) is 5.66. The van der Waals surface area contributed by atoms with Crippen LogP contribution in [0, 0.1) is 11.3 Å². The van der Waals surface area contributed by atoms with E-state index < -0.39 is 0 Å². The van der Waals surface area contributed by atoms with Crippen LogP contribution in [-0.2, 0) is 6.42 Å². The lowest BCUT2D eigenvalue weighted by Crippen LogP contribution is -1.85. The molecule has 1 aliphatic rings. The van der Waals surface area contributed by atoms with Crippen LogP contribution in [0.1, 0.15) is 22.3 Å². The molecular weight excluding hydrogens is 206 g/mol. The molecule has 17 heavy (non-hydrogen) atoms. The zero-order valence-electron chi connectivity index (χ0n) is 9.35. The molecule has 0 bridgehead atoms. The van der Waals surface area contributed by atoms with Gasteiger partial charge in [0.05, 0.1) is 11.6 Å². The summed E-state index contributed by atoms with van der Waals surface area (Å²) in [6.07, 6.45) is 3.22. The third-order valence-electron chi connectivity index (χ3n) is 3.15. The summed E-state index contributed by atoms with van der Waals surface area (Å²) in [5.74, 6) is 0. The van der Waals surface area contributed by atoms with E-state index in [4.69, 9.17) is 5.26 Å². The molecule has 0 saturated carbocycles. The van der Waals surface area contributed by atoms with Crippen molar-refractivity contribution in [3.05, 3.63) is 70.8 Å². The van der Waals surface area contributed by atoms with E-state index >= 15 is 0 Å². The van der Waals surface area contributed by atoms with Crippen LogP contribution < -0.4 is 0 Å². The average molecular weight is 217 g/mol. The van der Waals surface area contributed by atoms with Gasteiger partial charge in [0.1, 0.15) is 0 Å². The van der Waals surface area contributed by atoms with Crippen molar-refractivity contribution in [2.75, 3.05) is 0 Å². The maximum Gasteiger partial charge on any atom is 0.0991 e. The van der Waals surface area contributed by atoms with E-state index in [0.29, 0.717) is 5.56 Å². The number of hydrogen-bond acceptors (Lipinski definition) is 1. The van der Waals surface area contributed by atoms with Gasteiger partial charge in [0.2, 0.25) is 0 Å². The molecule has 0 aromatic heterocycles. The third kappa shape index (κ3) is 1.74. The molecule has 0 atom stereocenters. The molecule has 0 amide bonds. The van der Waals surface area contributed by atoms with Crippen LogP contribution in [0.2, 0.25) is 0 Å². The summed E-state index contributed by atoms with van der Waals surface area (Å²) in [5, 5.41) is 8.77. The Morgan fingerprint density at radius 2 is 1.71 bits per heavy atom. The van der Waals surface area contributed by atoms with Gasteiger partial charge in [0.15, 0.2) is 0 Å². The first-order valence-electron chi connectivity index (χ1n) is 5.66. The molecule has 1 aliphatic carbocycles. The number of benzene rings is 2. The number of nitrogens with zero attached hydrogens (tertiary/aromatic N) is 1. The van der Waals surface area contributed by atoms with E-state index in [2.05, 4.69) is 36.4 Å². The molecule has 2 aromatic rings. The minimum Gasteiger partial charge on any atom is -0.192 e.